The Labute approximate surface area is 117 Å². The molecule has 1 aliphatic heterocycles. The van der Waals surface area contributed by atoms with E-state index in [1.807, 2.05) is 0 Å². The monoisotopic (exact) mass is 280 g/mol. The molecule has 0 spiro atoms. The number of carbonyl (C=O) groups excluding carboxylic acids is 1. The van der Waals surface area contributed by atoms with Crippen molar-refractivity contribution < 1.29 is 9.72 Å². The van der Waals surface area contributed by atoms with E-state index in [0.717, 1.165) is 12.8 Å². The number of nitrogens with zero attached hydrogens (tertiary/aromatic N) is 3. The molecule has 0 bridgehead atoms. The Kier molecular flexibility index (Phi) is 4.08. The lowest BCUT2D eigenvalue weighted by Gasteiger charge is -2.37. The van der Waals surface area contributed by atoms with Crippen LogP contribution in [0.2, 0.25) is 0 Å². The molecule has 20 heavy (non-hydrogen) atoms. The molecule has 2 N–H and O–H groups in total. The number of likely N-dealkylation sites (tertiary alicyclic amines) is 1. The van der Waals surface area contributed by atoms with E-state index in [1.54, 1.807) is 4.90 Å². The van der Waals surface area contributed by atoms with Gasteiger partial charge >= 0.3 is 5.82 Å². The second-order valence-corrected chi connectivity index (χ2v) is 5.41. The molecule has 2 heterocycles. The maximum absolute atomic E-state index is 12.6. The van der Waals surface area contributed by atoms with Crippen molar-refractivity contribution in [3.05, 3.63) is 27.9 Å². The van der Waals surface area contributed by atoms with Crippen molar-refractivity contribution in [2.75, 3.05) is 13.1 Å². The van der Waals surface area contributed by atoms with E-state index in [-0.39, 0.29) is 17.8 Å². The molecule has 1 amide bonds. The molecule has 110 valence electrons. The summed E-state index contributed by atoms with van der Waals surface area (Å²) in [5, 5.41) is 10.8. The van der Waals surface area contributed by atoms with Crippen LogP contribution in [-0.4, -0.2) is 39.4 Å². The van der Waals surface area contributed by atoms with Gasteiger partial charge < -0.3 is 20.7 Å². The second-order valence-electron chi connectivity index (χ2n) is 5.41. The van der Waals surface area contributed by atoms with Crippen molar-refractivity contribution in [2.24, 2.45) is 18.7 Å². The van der Waals surface area contributed by atoms with Crippen molar-refractivity contribution in [1.82, 2.24) is 9.47 Å². The highest BCUT2D eigenvalue weighted by atomic mass is 16.6. The Bertz CT molecular complexity index is 526. The molecule has 1 aliphatic rings. The lowest BCUT2D eigenvalue weighted by molar-refractivity contribution is -0.391. The SMILES string of the molecule is CC1CCN(C(=O)c2ccc([N+](=O)[O-])n2C)C(CN)C1. The van der Waals surface area contributed by atoms with E-state index in [1.165, 1.54) is 23.7 Å². The molecule has 7 heteroatoms. The topological polar surface area (TPSA) is 94.4 Å². The fourth-order valence-electron chi connectivity index (χ4n) is 2.79. The molecule has 2 unspecified atom stereocenters. The second kappa shape index (κ2) is 5.62. The molecular weight excluding hydrogens is 260 g/mol. The maximum Gasteiger partial charge on any atom is 0.323 e. The minimum absolute atomic E-state index is 0.0141. The largest absolute Gasteiger partial charge is 0.358 e. The van der Waals surface area contributed by atoms with E-state index in [0.29, 0.717) is 24.7 Å². The molecule has 2 atom stereocenters. The molecule has 0 saturated carbocycles. The minimum Gasteiger partial charge on any atom is -0.358 e. The van der Waals surface area contributed by atoms with Gasteiger partial charge in [-0.1, -0.05) is 6.92 Å². The Morgan fingerprint density at radius 1 is 1.55 bits per heavy atom. The molecule has 2 rings (SSSR count). The van der Waals surface area contributed by atoms with Crippen LogP contribution >= 0.6 is 0 Å². The third kappa shape index (κ3) is 2.53. The Morgan fingerprint density at radius 3 is 2.80 bits per heavy atom. The number of nitro groups is 1. The number of hydrogen-bond donors (Lipinski definition) is 1. The Morgan fingerprint density at radius 2 is 2.25 bits per heavy atom. The van der Waals surface area contributed by atoms with E-state index in [2.05, 4.69) is 6.92 Å². The van der Waals surface area contributed by atoms with Gasteiger partial charge in [0.1, 0.15) is 0 Å². The number of amides is 1. The molecule has 7 nitrogen and oxygen atoms in total. The molecular formula is C13H20N4O3. The van der Waals surface area contributed by atoms with E-state index < -0.39 is 4.92 Å². The van der Waals surface area contributed by atoms with Crippen LogP contribution in [0.25, 0.3) is 0 Å². The van der Waals surface area contributed by atoms with Crippen LogP contribution in [0.15, 0.2) is 12.1 Å². The highest BCUT2D eigenvalue weighted by Crippen LogP contribution is 2.25. The summed E-state index contributed by atoms with van der Waals surface area (Å²) in [6.07, 6.45) is 1.82. The van der Waals surface area contributed by atoms with Crippen molar-refractivity contribution in [3.8, 4) is 0 Å². The van der Waals surface area contributed by atoms with Gasteiger partial charge in [0.05, 0.1) is 7.05 Å². The Hall–Kier alpha value is -1.89. The first-order chi connectivity index (χ1) is 9.45. The fraction of sp³-hybridized carbons (Fsp3) is 0.615. The number of piperidine rings is 1. The van der Waals surface area contributed by atoms with Crippen LogP contribution in [-0.2, 0) is 7.05 Å². The van der Waals surface area contributed by atoms with Gasteiger partial charge in [-0.05, 0) is 29.7 Å². The summed E-state index contributed by atoms with van der Waals surface area (Å²) in [7, 11) is 1.54. The zero-order chi connectivity index (χ0) is 14.9. The zero-order valence-electron chi connectivity index (χ0n) is 11.8. The summed E-state index contributed by atoms with van der Waals surface area (Å²) in [4.78, 5) is 24.7. The highest BCUT2D eigenvalue weighted by molar-refractivity contribution is 5.93. The lowest BCUT2D eigenvalue weighted by Crippen LogP contribution is -2.49. The van der Waals surface area contributed by atoms with Gasteiger partial charge in [0.2, 0.25) is 0 Å². The molecule has 0 radical (unpaired) electrons. The smallest absolute Gasteiger partial charge is 0.323 e. The molecule has 1 aromatic rings. The Balaban J connectivity index is 2.24. The average Bonchev–Trinajstić information content (AvgIpc) is 2.79. The summed E-state index contributed by atoms with van der Waals surface area (Å²) in [5.41, 5.74) is 6.09. The minimum atomic E-state index is -0.491. The van der Waals surface area contributed by atoms with Crippen LogP contribution in [0.5, 0.6) is 0 Å². The van der Waals surface area contributed by atoms with Crippen molar-refractivity contribution >= 4 is 11.7 Å². The molecule has 1 fully saturated rings. The third-order valence-corrected chi connectivity index (χ3v) is 4.01. The molecule has 1 saturated heterocycles. The lowest BCUT2D eigenvalue weighted by atomic mass is 9.92. The quantitative estimate of drug-likeness (QED) is 0.663. The van der Waals surface area contributed by atoms with Gasteiger partial charge in [0.15, 0.2) is 5.69 Å². The van der Waals surface area contributed by atoms with Gasteiger partial charge in [-0.2, -0.15) is 0 Å². The van der Waals surface area contributed by atoms with Gasteiger partial charge in [0, 0.05) is 25.2 Å². The third-order valence-electron chi connectivity index (χ3n) is 4.01. The summed E-state index contributed by atoms with van der Waals surface area (Å²) in [6.45, 7) is 3.22. The average molecular weight is 280 g/mol. The first kappa shape index (κ1) is 14.5. The fourth-order valence-corrected chi connectivity index (χ4v) is 2.79. The van der Waals surface area contributed by atoms with Crippen LogP contribution in [0, 0.1) is 16.0 Å². The number of carbonyl (C=O) groups is 1. The molecule has 0 aliphatic carbocycles. The molecule has 0 aromatic carbocycles. The standard InChI is InChI=1S/C13H20N4O3/c1-9-5-6-16(10(7-9)8-14)13(18)11-3-4-12(15(11)2)17(19)20/h3-4,9-10H,5-8,14H2,1-2H3. The van der Waals surface area contributed by atoms with Crippen molar-refractivity contribution in [3.63, 3.8) is 0 Å². The highest BCUT2D eigenvalue weighted by Gasteiger charge is 2.32. The summed E-state index contributed by atoms with van der Waals surface area (Å²) < 4.78 is 1.33. The van der Waals surface area contributed by atoms with E-state index in [9.17, 15) is 14.9 Å². The van der Waals surface area contributed by atoms with Crippen molar-refractivity contribution in [2.45, 2.75) is 25.8 Å². The number of nitrogens with two attached hydrogens (primary N) is 1. The normalized spacial score (nSPS) is 22.9. The first-order valence-corrected chi connectivity index (χ1v) is 6.76. The maximum atomic E-state index is 12.6. The van der Waals surface area contributed by atoms with E-state index >= 15 is 0 Å². The van der Waals surface area contributed by atoms with Crippen molar-refractivity contribution in [1.29, 1.82) is 0 Å². The van der Waals surface area contributed by atoms with Gasteiger partial charge in [-0.25, -0.2) is 4.57 Å². The zero-order valence-corrected chi connectivity index (χ0v) is 11.8. The predicted octanol–water partition coefficient (Wildman–Crippen LogP) is 1.13. The summed E-state index contributed by atoms with van der Waals surface area (Å²) >= 11 is 0. The first-order valence-electron chi connectivity index (χ1n) is 6.76. The summed E-state index contributed by atoms with van der Waals surface area (Å²) in [5.74, 6) is 0.293. The van der Waals surface area contributed by atoms with Crippen LogP contribution in [0.1, 0.15) is 30.3 Å². The van der Waals surface area contributed by atoms with Crippen LogP contribution < -0.4 is 5.73 Å². The van der Waals surface area contributed by atoms with E-state index in [4.69, 9.17) is 5.73 Å². The van der Waals surface area contributed by atoms with Gasteiger partial charge in [0.25, 0.3) is 5.91 Å². The van der Waals surface area contributed by atoms with Gasteiger partial charge in [-0.3, -0.25) is 4.79 Å². The van der Waals surface area contributed by atoms with Crippen LogP contribution in [0.3, 0.4) is 0 Å². The predicted molar refractivity (Wildman–Crippen MR) is 74.3 cm³/mol. The number of aromatic nitrogens is 1. The summed E-state index contributed by atoms with van der Waals surface area (Å²) in [6, 6.07) is 2.88. The van der Waals surface area contributed by atoms with Crippen LogP contribution in [0.4, 0.5) is 5.82 Å². The van der Waals surface area contributed by atoms with Gasteiger partial charge in [-0.15, -0.1) is 0 Å². The molecule has 1 aromatic heterocycles. The number of hydrogen-bond acceptors (Lipinski definition) is 4. The number of rotatable bonds is 3.